The summed E-state index contributed by atoms with van der Waals surface area (Å²) in [4.78, 5) is 6.79. The molecule has 0 aliphatic heterocycles. The van der Waals surface area contributed by atoms with Crippen LogP contribution in [0.5, 0.6) is 5.75 Å². The number of thiazole rings is 1. The van der Waals surface area contributed by atoms with Crippen molar-refractivity contribution in [1.82, 2.24) is 4.98 Å². The highest BCUT2D eigenvalue weighted by molar-refractivity contribution is 7.16. The van der Waals surface area contributed by atoms with Crippen LogP contribution in [-0.4, -0.2) is 18.5 Å². The Morgan fingerprint density at radius 1 is 1.36 bits per heavy atom. The molecule has 0 N–H and O–H groups in total. The van der Waals surface area contributed by atoms with E-state index in [1.807, 2.05) is 0 Å². The fraction of sp³-hybridized carbons (Fsp3) is 0.370. The minimum absolute atomic E-state index is 0.101. The first-order valence-electron chi connectivity index (χ1n) is 14.5. The summed E-state index contributed by atoms with van der Waals surface area (Å²) in [5.74, 6) is 1.67. The van der Waals surface area contributed by atoms with Crippen molar-refractivity contribution in [3.8, 4) is 29.4 Å². The van der Waals surface area contributed by atoms with Gasteiger partial charge >= 0.3 is 0 Å². The molecule has 1 fully saturated rings. The van der Waals surface area contributed by atoms with Gasteiger partial charge in [0, 0.05) is 14.6 Å². The number of anilines is 1. The zero-order chi connectivity index (χ0) is 30.5. The van der Waals surface area contributed by atoms with E-state index in [-0.39, 0.29) is 21.8 Å². The molecule has 6 heteroatoms. The number of hydrogen-bond acceptors (Lipinski definition) is 4. The average molecular weight is 491 g/mol. The molecule has 1 heterocycles. The molecule has 0 saturated heterocycles. The highest BCUT2D eigenvalue weighted by Gasteiger charge is 2.32. The summed E-state index contributed by atoms with van der Waals surface area (Å²) in [5.41, 5.74) is 1.43. The van der Waals surface area contributed by atoms with Gasteiger partial charge in [0.1, 0.15) is 11.6 Å². The molecular formula is C27H28ClFN2OS. The molecule has 0 spiro atoms. The molecule has 3 nitrogen and oxygen atoms in total. The minimum Gasteiger partial charge on any atom is -0.496 e. The number of nitrogens with zero attached hydrogens (tertiary/aromatic N) is 2. The summed E-state index contributed by atoms with van der Waals surface area (Å²) in [6, 6.07) is 6.17. The van der Waals surface area contributed by atoms with Crippen LogP contribution < -0.4 is 9.64 Å². The monoisotopic (exact) mass is 490 g/mol. The van der Waals surface area contributed by atoms with Crippen LogP contribution in [-0.2, 0) is 0 Å². The third-order valence-corrected chi connectivity index (χ3v) is 7.03. The van der Waals surface area contributed by atoms with Gasteiger partial charge in [-0.3, -0.25) is 0 Å². The van der Waals surface area contributed by atoms with Gasteiger partial charge in [-0.2, -0.15) is 0 Å². The minimum atomic E-state index is -2.65. The van der Waals surface area contributed by atoms with Crippen molar-refractivity contribution in [2.45, 2.75) is 46.0 Å². The molecule has 0 bridgehead atoms. The highest BCUT2D eigenvalue weighted by Crippen LogP contribution is 2.44. The summed E-state index contributed by atoms with van der Waals surface area (Å²) in [6.07, 6.45) is 7.99. The predicted octanol–water partition coefficient (Wildman–Crippen LogP) is 7.52. The van der Waals surface area contributed by atoms with Crippen LogP contribution in [0.25, 0.3) is 11.3 Å². The van der Waals surface area contributed by atoms with Gasteiger partial charge in [0.05, 0.1) is 37.1 Å². The van der Waals surface area contributed by atoms with Crippen molar-refractivity contribution < 1.29 is 20.1 Å². The lowest BCUT2D eigenvalue weighted by Gasteiger charge is -2.31. The van der Waals surface area contributed by atoms with Crippen molar-refractivity contribution in [2.24, 2.45) is 5.92 Å². The Morgan fingerprint density at radius 2 is 2.18 bits per heavy atom. The number of aromatic nitrogens is 1. The van der Waals surface area contributed by atoms with Crippen molar-refractivity contribution in [3.05, 3.63) is 62.7 Å². The van der Waals surface area contributed by atoms with Gasteiger partial charge < -0.3 is 9.64 Å². The third kappa shape index (κ3) is 5.03. The summed E-state index contributed by atoms with van der Waals surface area (Å²) in [5, 5.41) is 0.432. The molecular weight excluding hydrogens is 455 g/mol. The number of terminal acetylenes is 1. The van der Waals surface area contributed by atoms with E-state index in [0.29, 0.717) is 33.7 Å². The Bertz CT molecular complexity index is 1490. The zero-order valence-corrected chi connectivity index (χ0v) is 19.8. The number of rotatable bonds is 8. The number of methoxy groups -OCH3 is 1. The van der Waals surface area contributed by atoms with Gasteiger partial charge in [-0.05, 0) is 67.9 Å². The van der Waals surface area contributed by atoms with E-state index in [1.54, 1.807) is 19.9 Å². The van der Waals surface area contributed by atoms with Gasteiger partial charge in [0.2, 0.25) is 0 Å². The van der Waals surface area contributed by atoms with Crippen LogP contribution in [0.1, 0.15) is 57.8 Å². The van der Waals surface area contributed by atoms with E-state index in [0.717, 1.165) is 18.9 Å². The number of benzene rings is 2. The maximum atomic E-state index is 15.0. The molecule has 1 aliphatic rings. The van der Waals surface area contributed by atoms with Crippen molar-refractivity contribution >= 4 is 28.1 Å². The Labute approximate surface area is 215 Å². The largest absolute Gasteiger partial charge is 0.496 e. The van der Waals surface area contributed by atoms with E-state index in [9.17, 15) is 0 Å². The second-order valence-corrected chi connectivity index (χ2v) is 9.75. The van der Waals surface area contributed by atoms with Crippen molar-refractivity contribution in [1.29, 1.82) is 0 Å². The summed E-state index contributed by atoms with van der Waals surface area (Å²) in [7, 11) is -2.65. The summed E-state index contributed by atoms with van der Waals surface area (Å²) < 4.78 is 82.5. The maximum absolute atomic E-state index is 15.0. The Morgan fingerprint density at radius 3 is 2.85 bits per heavy atom. The van der Waals surface area contributed by atoms with Gasteiger partial charge in [0.15, 0.2) is 5.13 Å². The molecule has 1 atom stereocenters. The quantitative estimate of drug-likeness (QED) is 0.305. The molecule has 3 aromatic rings. The molecule has 2 aromatic carbocycles. The molecule has 172 valence electrons. The maximum Gasteiger partial charge on any atom is 0.187 e. The highest BCUT2D eigenvalue weighted by atomic mass is 35.5. The summed E-state index contributed by atoms with van der Waals surface area (Å²) >= 11 is 7.73. The van der Waals surface area contributed by atoms with E-state index in [2.05, 4.69) is 5.92 Å². The van der Waals surface area contributed by atoms with Crippen molar-refractivity contribution in [3.63, 3.8) is 0 Å². The lowest BCUT2D eigenvalue weighted by Crippen LogP contribution is -2.29. The standard InChI is InChI=1S/C27H28ClFN2OS/c1-6-11-31(24(13-19-8-9-19)20-10-7-16(2)23(29)14-20)27-30-26(18(4)33-27)21-12-17(3)25(32-5)15-22(21)28/h1,7,10,12,14-15,19,24H,8-9,11,13H2,2-5H3/t24-/m0/s1/i2D3,5D3,11D2. The molecule has 0 radical (unpaired) electrons. The first kappa shape index (κ1) is 15.4. The van der Waals surface area contributed by atoms with E-state index >= 15 is 4.39 Å². The van der Waals surface area contributed by atoms with E-state index in [4.69, 9.17) is 38.7 Å². The van der Waals surface area contributed by atoms with Gasteiger partial charge in [-0.1, -0.05) is 42.5 Å². The smallest absolute Gasteiger partial charge is 0.187 e. The van der Waals surface area contributed by atoms with Gasteiger partial charge in [0.25, 0.3) is 0 Å². The summed E-state index contributed by atoms with van der Waals surface area (Å²) in [6.45, 7) is -1.50. The Hall–Kier alpha value is -2.55. The van der Waals surface area contributed by atoms with Crippen LogP contribution >= 0.6 is 22.9 Å². The van der Waals surface area contributed by atoms with Crippen LogP contribution in [0.3, 0.4) is 0 Å². The first-order valence-corrected chi connectivity index (χ1v) is 11.6. The lowest BCUT2D eigenvalue weighted by molar-refractivity contribution is 0.412. The number of hydrogen-bond donors (Lipinski definition) is 0. The van der Waals surface area contributed by atoms with Crippen molar-refractivity contribution in [2.75, 3.05) is 18.4 Å². The second-order valence-electron chi connectivity index (χ2n) is 8.16. The predicted molar refractivity (Wildman–Crippen MR) is 136 cm³/mol. The fourth-order valence-corrected chi connectivity index (χ4v) is 4.99. The second kappa shape index (κ2) is 9.75. The van der Waals surface area contributed by atoms with Crippen LogP contribution in [0.4, 0.5) is 9.52 Å². The Kier molecular flexibility index (Phi) is 4.54. The van der Waals surface area contributed by atoms with E-state index < -0.39 is 37.8 Å². The number of aryl methyl sites for hydroxylation is 3. The molecule has 0 unspecified atom stereocenters. The third-order valence-electron chi connectivity index (χ3n) is 5.75. The van der Waals surface area contributed by atoms with Gasteiger partial charge in [-0.15, -0.1) is 17.8 Å². The molecule has 0 amide bonds. The number of ether oxygens (including phenoxy) is 1. The normalized spacial score (nSPS) is 18.9. The average Bonchev–Trinajstić information content (AvgIpc) is 3.59. The number of halogens is 2. The lowest BCUT2D eigenvalue weighted by atomic mass is 9.98. The molecule has 4 rings (SSSR count). The molecule has 1 saturated carbocycles. The molecule has 1 aliphatic carbocycles. The van der Waals surface area contributed by atoms with E-state index in [1.165, 1.54) is 34.4 Å². The van der Waals surface area contributed by atoms with Crippen LogP contribution in [0.2, 0.25) is 5.02 Å². The topological polar surface area (TPSA) is 25.4 Å². The van der Waals surface area contributed by atoms with Gasteiger partial charge in [-0.25, -0.2) is 9.37 Å². The fourth-order valence-electron chi connectivity index (χ4n) is 3.82. The first-order chi connectivity index (χ1) is 18.9. The molecule has 33 heavy (non-hydrogen) atoms. The molecule has 1 aromatic heterocycles. The SMILES string of the molecule is [2H]C([2H])([2H])Oc1cc(Cl)c(-c2nc(N([C@@H](CC3CC3)c3ccc(C([2H])([2H])[2H])c(F)c3)C([2H])([2H])C#C)sc2C)cc1C. The Balaban J connectivity index is 1.82. The van der Waals surface area contributed by atoms with Crippen LogP contribution in [0, 0.1) is 44.8 Å². The zero-order valence-electron chi connectivity index (χ0n) is 26.2. The van der Waals surface area contributed by atoms with Crippen LogP contribution in [0.15, 0.2) is 30.3 Å².